The lowest BCUT2D eigenvalue weighted by Gasteiger charge is -2.09. The number of aromatic nitrogens is 1. The first kappa shape index (κ1) is 13.1. The molecule has 0 amide bonds. The second-order valence-electron chi connectivity index (χ2n) is 3.53. The molecule has 1 aromatic heterocycles. The van der Waals surface area contributed by atoms with E-state index in [9.17, 15) is 4.79 Å². The van der Waals surface area contributed by atoms with E-state index in [4.69, 9.17) is 15.1 Å². The number of pyridine rings is 1. The molecular formula is C13H7BrN2O3. The summed E-state index contributed by atoms with van der Waals surface area (Å²) in [5.41, 5.74) is 0.288. The first-order valence-electron chi connectivity index (χ1n) is 5.16. The van der Waals surface area contributed by atoms with Crippen molar-refractivity contribution in [3.63, 3.8) is 0 Å². The summed E-state index contributed by atoms with van der Waals surface area (Å²) >= 11 is 3.19. The van der Waals surface area contributed by atoms with Crippen LogP contribution in [-0.2, 0) is 0 Å². The molecule has 94 valence electrons. The third-order valence-electron chi connectivity index (χ3n) is 2.30. The third kappa shape index (κ3) is 2.89. The van der Waals surface area contributed by atoms with E-state index >= 15 is 0 Å². The molecule has 19 heavy (non-hydrogen) atoms. The molecule has 0 spiro atoms. The van der Waals surface area contributed by atoms with Gasteiger partial charge in [-0.2, -0.15) is 5.26 Å². The smallest absolute Gasteiger partial charge is 0.339 e. The highest BCUT2D eigenvalue weighted by molar-refractivity contribution is 9.10. The van der Waals surface area contributed by atoms with Crippen LogP contribution in [0.25, 0.3) is 0 Å². The molecule has 5 nitrogen and oxygen atoms in total. The molecule has 0 aliphatic heterocycles. The van der Waals surface area contributed by atoms with E-state index in [1.807, 2.05) is 6.07 Å². The Balaban J connectivity index is 2.44. The van der Waals surface area contributed by atoms with Crippen LogP contribution in [0.2, 0.25) is 0 Å². The number of nitriles is 1. The summed E-state index contributed by atoms with van der Waals surface area (Å²) in [6.45, 7) is 0. The predicted molar refractivity (Wildman–Crippen MR) is 70.1 cm³/mol. The van der Waals surface area contributed by atoms with Crippen LogP contribution in [0.4, 0.5) is 0 Å². The summed E-state index contributed by atoms with van der Waals surface area (Å²) in [4.78, 5) is 15.0. The van der Waals surface area contributed by atoms with Crippen LogP contribution >= 0.6 is 15.9 Å². The minimum absolute atomic E-state index is 0.00196. The second kappa shape index (κ2) is 5.50. The lowest BCUT2D eigenvalue weighted by atomic mass is 10.2. The van der Waals surface area contributed by atoms with E-state index in [0.717, 1.165) is 0 Å². The summed E-state index contributed by atoms with van der Waals surface area (Å²) in [6, 6.07) is 8.05. The molecule has 2 aromatic rings. The topological polar surface area (TPSA) is 83.2 Å². The average molecular weight is 319 g/mol. The molecule has 0 aliphatic rings. The van der Waals surface area contributed by atoms with Crippen molar-refractivity contribution in [3.8, 4) is 17.6 Å². The number of hydrogen-bond acceptors (Lipinski definition) is 4. The van der Waals surface area contributed by atoms with Gasteiger partial charge in [0.05, 0.1) is 11.8 Å². The van der Waals surface area contributed by atoms with Crippen LogP contribution in [0.1, 0.15) is 15.9 Å². The fourth-order valence-electron chi connectivity index (χ4n) is 1.43. The third-order valence-corrected chi connectivity index (χ3v) is 2.79. The van der Waals surface area contributed by atoms with Crippen LogP contribution in [-0.4, -0.2) is 16.1 Å². The Morgan fingerprint density at radius 2 is 2.16 bits per heavy atom. The van der Waals surface area contributed by atoms with Gasteiger partial charge in [0, 0.05) is 10.7 Å². The van der Waals surface area contributed by atoms with E-state index in [1.54, 1.807) is 6.07 Å². The van der Waals surface area contributed by atoms with Crippen LogP contribution in [0.3, 0.4) is 0 Å². The SMILES string of the molecule is N#Cc1ccncc1Oc1ccc(Br)cc1C(=O)O. The highest BCUT2D eigenvalue weighted by Crippen LogP contribution is 2.29. The lowest BCUT2D eigenvalue weighted by molar-refractivity contribution is 0.0694. The first-order chi connectivity index (χ1) is 9.11. The fraction of sp³-hybridized carbons (Fsp3) is 0. The van der Waals surface area contributed by atoms with E-state index in [1.165, 1.54) is 30.6 Å². The number of rotatable bonds is 3. The molecule has 0 unspecified atom stereocenters. The zero-order valence-electron chi connectivity index (χ0n) is 9.50. The molecule has 1 heterocycles. The number of carboxylic acid groups (broad SMARTS) is 1. The molecule has 0 fully saturated rings. The summed E-state index contributed by atoms with van der Waals surface area (Å²) in [6.07, 6.45) is 2.83. The van der Waals surface area contributed by atoms with Crippen LogP contribution in [0.15, 0.2) is 41.1 Å². The van der Waals surface area contributed by atoms with Crippen molar-refractivity contribution < 1.29 is 14.6 Å². The van der Waals surface area contributed by atoms with Crippen molar-refractivity contribution in [1.29, 1.82) is 5.26 Å². The molecule has 6 heteroatoms. The van der Waals surface area contributed by atoms with Crippen molar-refractivity contribution in [2.75, 3.05) is 0 Å². The predicted octanol–water partition coefficient (Wildman–Crippen LogP) is 3.21. The van der Waals surface area contributed by atoms with E-state index in [-0.39, 0.29) is 22.6 Å². The molecule has 0 bridgehead atoms. The Morgan fingerprint density at radius 3 is 2.84 bits per heavy atom. The monoisotopic (exact) mass is 318 g/mol. The summed E-state index contributed by atoms with van der Waals surface area (Å²) in [5.74, 6) is -0.742. The molecule has 0 saturated heterocycles. The maximum absolute atomic E-state index is 11.1. The molecule has 2 rings (SSSR count). The van der Waals surface area contributed by atoms with Gasteiger partial charge in [-0.1, -0.05) is 15.9 Å². The zero-order valence-corrected chi connectivity index (χ0v) is 11.1. The highest BCUT2D eigenvalue weighted by atomic mass is 79.9. The highest BCUT2D eigenvalue weighted by Gasteiger charge is 2.14. The van der Waals surface area contributed by atoms with Crippen LogP contribution in [0.5, 0.6) is 11.5 Å². The molecule has 0 aliphatic carbocycles. The quantitative estimate of drug-likeness (QED) is 0.939. The van der Waals surface area contributed by atoms with Gasteiger partial charge in [0.25, 0.3) is 0 Å². The maximum Gasteiger partial charge on any atom is 0.339 e. The number of hydrogen-bond donors (Lipinski definition) is 1. The number of nitrogens with zero attached hydrogens (tertiary/aromatic N) is 2. The molecule has 1 N–H and O–H groups in total. The van der Waals surface area contributed by atoms with Gasteiger partial charge in [0.15, 0.2) is 5.75 Å². The number of aromatic carboxylic acids is 1. The first-order valence-corrected chi connectivity index (χ1v) is 5.96. The lowest BCUT2D eigenvalue weighted by Crippen LogP contribution is -2.00. The second-order valence-corrected chi connectivity index (χ2v) is 4.45. The molecule has 0 atom stereocenters. The molecule has 0 saturated carbocycles. The van der Waals surface area contributed by atoms with Gasteiger partial charge < -0.3 is 9.84 Å². The van der Waals surface area contributed by atoms with Crippen LogP contribution < -0.4 is 4.74 Å². The van der Waals surface area contributed by atoms with E-state index in [2.05, 4.69) is 20.9 Å². The molecule has 0 radical (unpaired) electrons. The standard InChI is InChI=1S/C13H7BrN2O3/c14-9-1-2-11(10(5-9)13(17)18)19-12-7-16-4-3-8(12)6-15/h1-5,7H,(H,17,18). The summed E-state index contributed by atoms with van der Waals surface area (Å²) in [5, 5.41) is 18.1. The fourth-order valence-corrected chi connectivity index (χ4v) is 1.79. The minimum Gasteiger partial charge on any atom is -0.478 e. The Morgan fingerprint density at radius 1 is 1.37 bits per heavy atom. The van der Waals surface area contributed by atoms with Gasteiger partial charge in [0.1, 0.15) is 17.4 Å². The van der Waals surface area contributed by atoms with Crippen molar-refractivity contribution in [3.05, 3.63) is 52.3 Å². The van der Waals surface area contributed by atoms with Crippen molar-refractivity contribution in [2.24, 2.45) is 0 Å². The number of ether oxygens (including phenoxy) is 1. The zero-order chi connectivity index (χ0) is 13.8. The van der Waals surface area contributed by atoms with Crippen molar-refractivity contribution in [2.45, 2.75) is 0 Å². The van der Waals surface area contributed by atoms with Gasteiger partial charge in [0.2, 0.25) is 0 Å². The Bertz CT molecular complexity index is 680. The number of benzene rings is 1. The van der Waals surface area contributed by atoms with Gasteiger partial charge >= 0.3 is 5.97 Å². The normalized spacial score (nSPS) is 9.68. The van der Waals surface area contributed by atoms with E-state index < -0.39 is 5.97 Å². The van der Waals surface area contributed by atoms with Gasteiger partial charge in [-0.25, -0.2) is 4.79 Å². The van der Waals surface area contributed by atoms with E-state index in [0.29, 0.717) is 4.47 Å². The molecular weight excluding hydrogens is 312 g/mol. The minimum atomic E-state index is -1.11. The Labute approximate surface area is 117 Å². The summed E-state index contributed by atoms with van der Waals surface area (Å²) < 4.78 is 6.09. The average Bonchev–Trinajstić information content (AvgIpc) is 2.41. The maximum atomic E-state index is 11.1. The largest absolute Gasteiger partial charge is 0.478 e. The van der Waals surface area contributed by atoms with Gasteiger partial charge in [-0.15, -0.1) is 0 Å². The molecule has 1 aromatic carbocycles. The number of halogens is 1. The number of carboxylic acids is 1. The number of carbonyl (C=O) groups is 1. The van der Waals surface area contributed by atoms with Crippen molar-refractivity contribution >= 4 is 21.9 Å². The van der Waals surface area contributed by atoms with Crippen LogP contribution in [0, 0.1) is 11.3 Å². The Kier molecular flexibility index (Phi) is 3.78. The Hall–Kier alpha value is -2.39. The summed E-state index contributed by atoms with van der Waals surface area (Å²) in [7, 11) is 0. The van der Waals surface area contributed by atoms with Crippen molar-refractivity contribution in [1.82, 2.24) is 4.98 Å². The van der Waals surface area contributed by atoms with Gasteiger partial charge in [-0.05, 0) is 24.3 Å². The van der Waals surface area contributed by atoms with Gasteiger partial charge in [-0.3, -0.25) is 4.98 Å².